The molecule has 0 aliphatic carbocycles. The molecular weight excluding hydrogens is 294 g/mol. The van der Waals surface area contributed by atoms with E-state index in [1.807, 2.05) is 0 Å². The summed E-state index contributed by atoms with van der Waals surface area (Å²) in [6, 6.07) is 5.68. The number of benzene rings is 1. The zero-order chi connectivity index (χ0) is 16.8. The van der Waals surface area contributed by atoms with Crippen molar-refractivity contribution in [3.8, 4) is 0 Å². The van der Waals surface area contributed by atoms with Crippen LogP contribution < -0.4 is 5.32 Å². The monoisotopic (exact) mass is 319 g/mol. The first-order valence-electron chi connectivity index (χ1n) is 8.20. The van der Waals surface area contributed by atoms with E-state index < -0.39 is 4.92 Å². The summed E-state index contributed by atoms with van der Waals surface area (Å²) in [6.45, 7) is 8.48. The summed E-state index contributed by atoms with van der Waals surface area (Å²) in [5, 5.41) is 13.5. The van der Waals surface area contributed by atoms with E-state index in [0.717, 1.165) is 37.9 Å². The lowest BCUT2D eigenvalue weighted by atomic mass is 9.92. The van der Waals surface area contributed by atoms with Crippen molar-refractivity contribution >= 4 is 11.6 Å². The molecule has 0 bridgehead atoms. The molecule has 0 unspecified atom stereocenters. The van der Waals surface area contributed by atoms with Crippen LogP contribution >= 0.6 is 0 Å². The molecule has 0 aromatic heterocycles. The van der Waals surface area contributed by atoms with Crippen molar-refractivity contribution in [2.45, 2.75) is 26.7 Å². The highest BCUT2D eigenvalue weighted by Crippen LogP contribution is 2.20. The Labute approximate surface area is 137 Å². The topological polar surface area (TPSA) is 75.5 Å². The number of nitro benzene ring substituents is 1. The number of rotatable bonds is 6. The van der Waals surface area contributed by atoms with Crippen LogP contribution in [-0.2, 0) is 0 Å². The number of nitrogens with one attached hydrogen (secondary N) is 1. The smallest absolute Gasteiger partial charge is 0.269 e. The van der Waals surface area contributed by atoms with Crippen LogP contribution in [0.25, 0.3) is 0 Å². The Hall–Kier alpha value is -1.95. The number of amides is 1. The van der Waals surface area contributed by atoms with Crippen LogP contribution in [-0.4, -0.2) is 41.9 Å². The lowest BCUT2D eigenvalue weighted by molar-refractivity contribution is -0.384. The molecule has 1 aliphatic rings. The standard InChI is InChI=1S/C17H25N3O3/c1-13-10-14(2)12-19(11-13)9-3-8-18-17(21)15-4-6-16(7-5-15)20(22)23/h4-7,13-14H,3,8-12H2,1-2H3,(H,18,21)/t13-,14-/m0/s1. The Morgan fingerprint density at radius 1 is 1.26 bits per heavy atom. The average Bonchev–Trinajstić information content (AvgIpc) is 2.50. The van der Waals surface area contributed by atoms with Crippen molar-refractivity contribution in [1.29, 1.82) is 0 Å². The molecule has 1 fully saturated rings. The van der Waals surface area contributed by atoms with Crippen LogP contribution in [0.1, 0.15) is 37.0 Å². The van der Waals surface area contributed by atoms with Crippen LogP contribution in [0, 0.1) is 22.0 Å². The van der Waals surface area contributed by atoms with Gasteiger partial charge in [-0.3, -0.25) is 14.9 Å². The van der Waals surface area contributed by atoms with Gasteiger partial charge in [0, 0.05) is 37.3 Å². The number of hydrogen-bond donors (Lipinski definition) is 1. The van der Waals surface area contributed by atoms with Crippen LogP contribution in [0.15, 0.2) is 24.3 Å². The fraction of sp³-hybridized carbons (Fsp3) is 0.588. The third-order valence-electron chi connectivity index (χ3n) is 4.22. The van der Waals surface area contributed by atoms with Gasteiger partial charge in [-0.2, -0.15) is 0 Å². The number of piperidine rings is 1. The molecule has 6 nitrogen and oxygen atoms in total. The lowest BCUT2D eigenvalue weighted by Gasteiger charge is -2.34. The van der Waals surface area contributed by atoms with Gasteiger partial charge in [-0.15, -0.1) is 0 Å². The Morgan fingerprint density at radius 3 is 2.43 bits per heavy atom. The maximum atomic E-state index is 12.0. The summed E-state index contributed by atoms with van der Waals surface area (Å²) < 4.78 is 0. The maximum absolute atomic E-state index is 12.0. The third kappa shape index (κ3) is 5.32. The predicted molar refractivity (Wildman–Crippen MR) is 89.4 cm³/mol. The number of carbonyl (C=O) groups is 1. The Balaban J connectivity index is 1.71. The Kier molecular flexibility index (Phi) is 6.10. The highest BCUT2D eigenvalue weighted by Gasteiger charge is 2.21. The van der Waals surface area contributed by atoms with Crippen molar-refractivity contribution < 1.29 is 9.72 Å². The van der Waals surface area contributed by atoms with E-state index in [0.29, 0.717) is 12.1 Å². The molecule has 0 saturated carbocycles. The highest BCUT2D eigenvalue weighted by molar-refractivity contribution is 5.94. The minimum atomic E-state index is -0.470. The van der Waals surface area contributed by atoms with Gasteiger partial charge in [-0.1, -0.05) is 13.8 Å². The van der Waals surface area contributed by atoms with E-state index in [1.165, 1.54) is 30.7 Å². The van der Waals surface area contributed by atoms with E-state index in [9.17, 15) is 14.9 Å². The molecule has 1 heterocycles. The lowest BCUT2D eigenvalue weighted by Crippen LogP contribution is -2.40. The number of likely N-dealkylation sites (tertiary alicyclic amines) is 1. The number of nitro groups is 1. The van der Waals surface area contributed by atoms with Crippen molar-refractivity contribution in [2.24, 2.45) is 11.8 Å². The molecule has 6 heteroatoms. The van der Waals surface area contributed by atoms with E-state index >= 15 is 0 Å². The second-order valence-corrected chi connectivity index (χ2v) is 6.62. The minimum absolute atomic E-state index is 0.00473. The molecular formula is C17H25N3O3. The van der Waals surface area contributed by atoms with Gasteiger partial charge in [0.1, 0.15) is 0 Å². The molecule has 1 N–H and O–H groups in total. The number of hydrogen-bond acceptors (Lipinski definition) is 4. The molecule has 1 aliphatic heterocycles. The minimum Gasteiger partial charge on any atom is -0.352 e. The number of nitrogens with zero attached hydrogens (tertiary/aromatic N) is 2. The van der Waals surface area contributed by atoms with Gasteiger partial charge in [0.15, 0.2) is 0 Å². The van der Waals surface area contributed by atoms with Gasteiger partial charge in [0.25, 0.3) is 11.6 Å². The van der Waals surface area contributed by atoms with E-state index in [1.54, 1.807) is 0 Å². The molecule has 126 valence electrons. The summed E-state index contributed by atoms with van der Waals surface area (Å²) >= 11 is 0. The van der Waals surface area contributed by atoms with Crippen LogP contribution in [0.3, 0.4) is 0 Å². The van der Waals surface area contributed by atoms with E-state index in [4.69, 9.17) is 0 Å². The average molecular weight is 319 g/mol. The molecule has 1 amide bonds. The highest BCUT2D eigenvalue weighted by atomic mass is 16.6. The SMILES string of the molecule is C[C@H]1C[C@H](C)CN(CCCNC(=O)c2ccc([N+](=O)[O-])cc2)C1. The second-order valence-electron chi connectivity index (χ2n) is 6.62. The number of non-ortho nitro benzene ring substituents is 1. The molecule has 1 aromatic carbocycles. The van der Waals surface area contributed by atoms with Gasteiger partial charge in [0.2, 0.25) is 0 Å². The van der Waals surface area contributed by atoms with Crippen molar-refractivity contribution in [1.82, 2.24) is 10.2 Å². The molecule has 23 heavy (non-hydrogen) atoms. The first-order chi connectivity index (χ1) is 11.0. The molecule has 2 rings (SSSR count). The van der Waals surface area contributed by atoms with Gasteiger partial charge >= 0.3 is 0 Å². The maximum Gasteiger partial charge on any atom is 0.269 e. The molecule has 0 radical (unpaired) electrons. The second kappa shape index (κ2) is 8.06. The van der Waals surface area contributed by atoms with Gasteiger partial charge in [0.05, 0.1) is 4.92 Å². The summed E-state index contributed by atoms with van der Waals surface area (Å²) in [4.78, 5) is 24.6. The van der Waals surface area contributed by atoms with Gasteiger partial charge in [-0.25, -0.2) is 0 Å². The molecule has 1 saturated heterocycles. The zero-order valence-corrected chi connectivity index (χ0v) is 13.8. The Bertz CT molecular complexity index is 535. The quantitative estimate of drug-likeness (QED) is 0.497. The fourth-order valence-electron chi connectivity index (χ4n) is 3.32. The molecule has 2 atom stereocenters. The Morgan fingerprint density at radius 2 is 1.87 bits per heavy atom. The van der Waals surface area contributed by atoms with E-state index in [-0.39, 0.29) is 11.6 Å². The van der Waals surface area contributed by atoms with Crippen molar-refractivity contribution in [3.05, 3.63) is 39.9 Å². The van der Waals surface area contributed by atoms with Crippen LogP contribution in [0.5, 0.6) is 0 Å². The van der Waals surface area contributed by atoms with E-state index in [2.05, 4.69) is 24.1 Å². The largest absolute Gasteiger partial charge is 0.352 e. The summed E-state index contributed by atoms with van der Waals surface area (Å²) in [6.07, 6.45) is 2.21. The summed E-state index contributed by atoms with van der Waals surface area (Å²) in [7, 11) is 0. The summed E-state index contributed by atoms with van der Waals surface area (Å²) in [5.41, 5.74) is 0.450. The number of carbonyl (C=O) groups excluding carboxylic acids is 1. The van der Waals surface area contributed by atoms with Crippen LogP contribution in [0.2, 0.25) is 0 Å². The van der Waals surface area contributed by atoms with Crippen molar-refractivity contribution in [3.63, 3.8) is 0 Å². The normalized spacial score (nSPS) is 21.8. The predicted octanol–water partition coefficient (Wildman–Crippen LogP) is 2.69. The van der Waals surface area contributed by atoms with Gasteiger partial charge in [-0.05, 0) is 43.4 Å². The van der Waals surface area contributed by atoms with Gasteiger partial charge < -0.3 is 10.2 Å². The van der Waals surface area contributed by atoms with Crippen molar-refractivity contribution in [2.75, 3.05) is 26.2 Å². The third-order valence-corrected chi connectivity index (χ3v) is 4.22. The first-order valence-corrected chi connectivity index (χ1v) is 8.20. The first kappa shape index (κ1) is 17.4. The molecule has 0 spiro atoms. The molecule has 1 aromatic rings. The summed E-state index contributed by atoms with van der Waals surface area (Å²) in [5.74, 6) is 1.31. The zero-order valence-electron chi connectivity index (χ0n) is 13.8. The fourth-order valence-corrected chi connectivity index (χ4v) is 3.32. The van der Waals surface area contributed by atoms with Crippen LogP contribution in [0.4, 0.5) is 5.69 Å².